The normalized spacial score (nSPS) is 25.8. The second-order valence-electron chi connectivity index (χ2n) is 5.85. The monoisotopic (exact) mass is 288 g/mol. The fourth-order valence-corrected chi connectivity index (χ4v) is 3.23. The highest BCUT2D eigenvalue weighted by Crippen LogP contribution is 2.43. The molecule has 1 aliphatic carbocycles. The van der Waals surface area contributed by atoms with E-state index in [1.807, 2.05) is 18.2 Å². The number of hydrogen-bond acceptors (Lipinski definition) is 1. The molecule has 0 spiro atoms. The van der Waals surface area contributed by atoms with Crippen molar-refractivity contribution in [2.75, 3.05) is 0 Å². The highest BCUT2D eigenvalue weighted by Gasteiger charge is 2.35. The Morgan fingerprint density at radius 2 is 1.57 bits per heavy atom. The van der Waals surface area contributed by atoms with Crippen molar-refractivity contribution in [1.29, 1.82) is 0 Å². The van der Waals surface area contributed by atoms with Gasteiger partial charge in [0.15, 0.2) is 11.6 Å². The van der Waals surface area contributed by atoms with Crippen molar-refractivity contribution in [3.63, 3.8) is 0 Å². The standard InChI is InChI=1S/C18H18F2O/c19-16-7-6-15(12-17(16)20)18(21)10-8-14(9-11-18)13-4-2-1-3-5-13/h1-7,12,14,21H,8-11H2. The molecule has 0 heterocycles. The second-order valence-corrected chi connectivity index (χ2v) is 5.85. The predicted molar refractivity (Wildman–Crippen MR) is 77.9 cm³/mol. The van der Waals surface area contributed by atoms with Crippen molar-refractivity contribution >= 4 is 0 Å². The Labute approximate surface area is 123 Å². The van der Waals surface area contributed by atoms with Gasteiger partial charge in [-0.1, -0.05) is 36.4 Å². The minimum atomic E-state index is -1.04. The number of hydrogen-bond donors (Lipinski definition) is 1. The molecule has 0 atom stereocenters. The first-order valence-electron chi connectivity index (χ1n) is 7.31. The van der Waals surface area contributed by atoms with Crippen LogP contribution in [0, 0.1) is 11.6 Å². The van der Waals surface area contributed by atoms with Crippen LogP contribution in [0.2, 0.25) is 0 Å². The first kappa shape index (κ1) is 14.2. The lowest BCUT2D eigenvalue weighted by Crippen LogP contribution is -2.31. The first-order chi connectivity index (χ1) is 10.1. The van der Waals surface area contributed by atoms with E-state index in [1.54, 1.807) is 0 Å². The van der Waals surface area contributed by atoms with Gasteiger partial charge in [0.25, 0.3) is 0 Å². The lowest BCUT2D eigenvalue weighted by molar-refractivity contribution is -0.00599. The molecular formula is C18H18F2O. The largest absolute Gasteiger partial charge is 0.385 e. The number of aliphatic hydroxyl groups is 1. The van der Waals surface area contributed by atoms with Gasteiger partial charge in [-0.05, 0) is 54.9 Å². The smallest absolute Gasteiger partial charge is 0.159 e. The van der Waals surface area contributed by atoms with Gasteiger partial charge in [-0.3, -0.25) is 0 Å². The van der Waals surface area contributed by atoms with Crippen LogP contribution in [-0.4, -0.2) is 5.11 Å². The van der Waals surface area contributed by atoms with E-state index >= 15 is 0 Å². The highest BCUT2D eigenvalue weighted by molar-refractivity contribution is 5.27. The third kappa shape index (κ3) is 2.84. The molecular weight excluding hydrogens is 270 g/mol. The summed E-state index contributed by atoms with van der Waals surface area (Å²) in [6.45, 7) is 0. The fourth-order valence-electron chi connectivity index (χ4n) is 3.23. The Balaban J connectivity index is 1.76. The molecule has 3 heteroatoms. The maximum absolute atomic E-state index is 13.4. The van der Waals surface area contributed by atoms with Gasteiger partial charge >= 0.3 is 0 Å². The zero-order valence-electron chi connectivity index (χ0n) is 11.7. The Kier molecular flexibility index (Phi) is 3.77. The quantitative estimate of drug-likeness (QED) is 0.862. The summed E-state index contributed by atoms with van der Waals surface area (Å²) in [4.78, 5) is 0. The molecule has 1 nitrogen and oxygen atoms in total. The van der Waals surface area contributed by atoms with Crippen LogP contribution in [0.25, 0.3) is 0 Å². The molecule has 21 heavy (non-hydrogen) atoms. The molecule has 0 bridgehead atoms. The molecule has 110 valence electrons. The van der Waals surface area contributed by atoms with Gasteiger partial charge in [-0.2, -0.15) is 0 Å². The van der Waals surface area contributed by atoms with E-state index in [1.165, 1.54) is 11.6 Å². The zero-order chi connectivity index (χ0) is 14.9. The van der Waals surface area contributed by atoms with Gasteiger partial charge in [0, 0.05) is 0 Å². The number of benzene rings is 2. The van der Waals surface area contributed by atoms with E-state index < -0.39 is 17.2 Å². The van der Waals surface area contributed by atoms with Crippen LogP contribution in [0.3, 0.4) is 0 Å². The molecule has 1 saturated carbocycles. The van der Waals surface area contributed by atoms with Crippen LogP contribution >= 0.6 is 0 Å². The van der Waals surface area contributed by atoms with Crippen molar-refractivity contribution in [3.8, 4) is 0 Å². The average Bonchev–Trinajstić information content (AvgIpc) is 2.51. The zero-order valence-corrected chi connectivity index (χ0v) is 11.7. The molecule has 2 aromatic carbocycles. The highest BCUT2D eigenvalue weighted by atomic mass is 19.2. The molecule has 1 N–H and O–H groups in total. The molecule has 0 aromatic heterocycles. The Morgan fingerprint density at radius 1 is 0.905 bits per heavy atom. The maximum atomic E-state index is 13.4. The molecule has 0 amide bonds. The third-order valence-corrected chi connectivity index (χ3v) is 4.54. The van der Waals surface area contributed by atoms with E-state index in [0.29, 0.717) is 24.3 Å². The van der Waals surface area contributed by atoms with Crippen molar-refractivity contribution < 1.29 is 13.9 Å². The molecule has 1 aliphatic rings. The fraction of sp³-hybridized carbons (Fsp3) is 0.333. The van der Waals surface area contributed by atoms with Crippen molar-refractivity contribution in [3.05, 3.63) is 71.3 Å². The summed E-state index contributed by atoms with van der Waals surface area (Å²) < 4.78 is 26.4. The summed E-state index contributed by atoms with van der Waals surface area (Å²) in [5.74, 6) is -1.34. The van der Waals surface area contributed by atoms with Crippen LogP contribution in [0.5, 0.6) is 0 Å². The number of halogens is 2. The van der Waals surface area contributed by atoms with E-state index in [4.69, 9.17) is 0 Å². The summed E-state index contributed by atoms with van der Waals surface area (Å²) in [6.07, 6.45) is 2.83. The van der Waals surface area contributed by atoms with Crippen LogP contribution in [0.1, 0.15) is 42.7 Å². The summed E-state index contributed by atoms with van der Waals surface area (Å²) >= 11 is 0. The molecule has 0 radical (unpaired) electrons. The van der Waals surface area contributed by atoms with Gasteiger partial charge in [0.2, 0.25) is 0 Å². The molecule has 0 aliphatic heterocycles. The van der Waals surface area contributed by atoms with Gasteiger partial charge in [0.05, 0.1) is 5.60 Å². The summed E-state index contributed by atoms with van der Waals surface area (Å²) in [6, 6.07) is 13.9. The van der Waals surface area contributed by atoms with E-state index in [2.05, 4.69) is 12.1 Å². The van der Waals surface area contributed by atoms with E-state index in [9.17, 15) is 13.9 Å². The van der Waals surface area contributed by atoms with Gasteiger partial charge in [-0.25, -0.2) is 8.78 Å². The first-order valence-corrected chi connectivity index (χ1v) is 7.31. The van der Waals surface area contributed by atoms with Crippen molar-refractivity contribution in [2.45, 2.75) is 37.2 Å². The van der Waals surface area contributed by atoms with Crippen LogP contribution in [0.15, 0.2) is 48.5 Å². The molecule has 2 aromatic rings. The molecule has 0 saturated heterocycles. The molecule has 1 fully saturated rings. The van der Waals surface area contributed by atoms with Crippen molar-refractivity contribution in [2.24, 2.45) is 0 Å². The molecule has 3 rings (SSSR count). The SMILES string of the molecule is OC1(c2ccc(F)c(F)c2)CCC(c2ccccc2)CC1. The van der Waals surface area contributed by atoms with Crippen molar-refractivity contribution in [1.82, 2.24) is 0 Å². The third-order valence-electron chi connectivity index (χ3n) is 4.54. The van der Waals surface area contributed by atoms with Crippen LogP contribution in [0.4, 0.5) is 8.78 Å². The van der Waals surface area contributed by atoms with E-state index in [-0.39, 0.29) is 0 Å². The van der Waals surface area contributed by atoms with Gasteiger partial charge in [0.1, 0.15) is 0 Å². The summed E-state index contributed by atoms with van der Waals surface area (Å²) in [7, 11) is 0. The minimum Gasteiger partial charge on any atom is -0.385 e. The molecule has 0 unspecified atom stereocenters. The summed E-state index contributed by atoms with van der Waals surface area (Å²) in [5.41, 5.74) is 0.720. The Hall–Kier alpha value is -1.74. The average molecular weight is 288 g/mol. The van der Waals surface area contributed by atoms with Crippen LogP contribution < -0.4 is 0 Å². The minimum absolute atomic E-state index is 0.428. The van der Waals surface area contributed by atoms with Gasteiger partial charge < -0.3 is 5.11 Å². The summed E-state index contributed by atoms with van der Waals surface area (Å²) in [5, 5.41) is 10.7. The Morgan fingerprint density at radius 3 is 2.19 bits per heavy atom. The van der Waals surface area contributed by atoms with Crippen LogP contribution in [-0.2, 0) is 5.60 Å². The lowest BCUT2D eigenvalue weighted by Gasteiger charge is -2.36. The lowest BCUT2D eigenvalue weighted by atomic mass is 9.73. The van der Waals surface area contributed by atoms with Gasteiger partial charge in [-0.15, -0.1) is 0 Å². The predicted octanol–water partition coefficient (Wildman–Crippen LogP) is 4.51. The maximum Gasteiger partial charge on any atom is 0.159 e. The van der Waals surface area contributed by atoms with E-state index in [0.717, 1.165) is 25.0 Å². The topological polar surface area (TPSA) is 20.2 Å². The number of rotatable bonds is 2. The Bertz CT molecular complexity index is 616. The second kappa shape index (κ2) is 5.57.